The topological polar surface area (TPSA) is 60.8 Å². The zero-order valence-corrected chi connectivity index (χ0v) is 22.1. The van der Waals surface area contributed by atoms with E-state index in [0.717, 1.165) is 28.5 Å². The van der Waals surface area contributed by atoms with Gasteiger partial charge in [-0.05, 0) is 66.8 Å². The van der Waals surface area contributed by atoms with Gasteiger partial charge in [-0.2, -0.15) is 0 Å². The van der Waals surface area contributed by atoms with Gasteiger partial charge in [0, 0.05) is 42.6 Å². The number of rotatable bonds is 9. The van der Waals surface area contributed by atoms with Gasteiger partial charge in [-0.1, -0.05) is 23.7 Å². The number of benzene rings is 2. The molecule has 0 amide bonds. The van der Waals surface area contributed by atoms with E-state index in [-0.39, 0.29) is 12.1 Å². The molecule has 2 aromatic heterocycles. The Morgan fingerprint density at radius 3 is 2.62 bits per heavy atom. The number of ether oxygens (including phenoxy) is 3. The van der Waals surface area contributed by atoms with Gasteiger partial charge in [-0.3, -0.25) is 4.98 Å². The molecule has 1 aliphatic rings. The van der Waals surface area contributed by atoms with Crippen molar-refractivity contribution < 1.29 is 14.2 Å². The molecular formula is C28H27ClN4O3S. The lowest BCUT2D eigenvalue weighted by Gasteiger charge is -2.29. The number of nitrogens with zero attached hydrogens (tertiary/aromatic N) is 3. The number of anilines is 1. The third kappa shape index (κ3) is 5.13. The third-order valence-electron chi connectivity index (χ3n) is 6.25. The van der Waals surface area contributed by atoms with Gasteiger partial charge < -0.3 is 29.0 Å². The number of halogens is 1. The van der Waals surface area contributed by atoms with E-state index < -0.39 is 0 Å². The predicted octanol–water partition coefficient (Wildman–Crippen LogP) is 5.74. The molecule has 0 aliphatic carbocycles. The molecule has 0 radical (unpaired) electrons. The van der Waals surface area contributed by atoms with E-state index in [0.29, 0.717) is 29.1 Å². The number of aromatic nitrogens is 2. The minimum atomic E-state index is -0.208. The Kier molecular flexibility index (Phi) is 7.60. The molecule has 0 spiro atoms. The van der Waals surface area contributed by atoms with Gasteiger partial charge in [0.1, 0.15) is 24.1 Å². The molecule has 1 fully saturated rings. The summed E-state index contributed by atoms with van der Waals surface area (Å²) in [6, 6.07) is 23.3. The minimum Gasteiger partial charge on any atom is -0.497 e. The van der Waals surface area contributed by atoms with Crippen LogP contribution in [0.25, 0.3) is 5.69 Å². The first kappa shape index (κ1) is 25.1. The number of hydrogen-bond acceptors (Lipinski definition) is 5. The molecule has 1 N–H and O–H groups in total. The van der Waals surface area contributed by atoms with Crippen molar-refractivity contribution >= 4 is 34.6 Å². The van der Waals surface area contributed by atoms with Gasteiger partial charge in [0.15, 0.2) is 5.11 Å². The maximum Gasteiger partial charge on any atom is 0.174 e. The van der Waals surface area contributed by atoms with Gasteiger partial charge in [0.2, 0.25) is 0 Å². The first-order valence-corrected chi connectivity index (χ1v) is 12.6. The van der Waals surface area contributed by atoms with Crippen LogP contribution < -0.4 is 19.7 Å². The zero-order valence-electron chi connectivity index (χ0n) is 20.5. The molecule has 2 aromatic carbocycles. The second-order valence-corrected chi connectivity index (χ2v) is 9.25. The molecule has 37 heavy (non-hydrogen) atoms. The van der Waals surface area contributed by atoms with Crippen LogP contribution in [0.15, 0.2) is 85.2 Å². The third-order valence-corrected chi connectivity index (χ3v) is 6.86. The first-order valence-electron chi connectivity index (χ1n) is 11.8. The highest BCUT2D eigenvalue weighted by atomic mass is 35.5. The average Bonchev–Trinajstić information content (AvgIpc) is 3.54. The highest BCUT2D eigenvalue weighted by Crippen LogP contribution is 2.43. The van der Waals surface area contributed by atoms with Gasteiger partial charge in [0.25, 0.3) is 0 Å². The fourth-order valence-electron chi connectivity index (χ4n) is 4.56. The van der Waals surface area contributed by atoms with Crippen molar-refractivity contribution in [1.82, 2.24) is 14.9 Å². The summed E-state index contributed by atoms with van der Waals surface area (Å²) in [4.78, 5) is 6.74. The second-order valence-electron chi connectivity index (χ2n) is 8.46. The number of thiocarbonyl (C=S) groups is 1. The Morgan fingerprint density at radius 2 is 1.86 bits per heavy atom. The summed E-state index contributed by atoms with van der Waals surface area (Å²) in [5, 5.41) is 4.59. The second kappa shape index (κ2) is 11.2. The molecule has 4 aromatic rings. The predicted molar refractivity (Wildman–Crippen MR) is 149 cm³/mol. The molecule has 7 nitrogen and oxygen atoms in total. The Morgan fingerprint density at radius 1 is 0.973 bits per heavy atom. The van der Waals surface area contributed by atoms with E-state index in [4.69, 9.17) is 38.0 Å². The van der Waals surface area contributed by atoms with Crippen molar-refractivity contribution in [2.24, 2.45) is 0 Å². The van der Waals surface area contributed by atoms with E-state index in [9.17, 15) is 0 Å². The number of methoxy groups -OCH3 is 2. The summed E-state index contributed by atoms with van der Waals surface area (Å²) in [6.07, 6.45) is 3.84. The number of hydrogen-bond donors (Lipinski definition) is 1. The SMILES string of the molecule is COCCOc1ccc(N2C(=S)N[C@H](c3ccccn3)[C@H]2c2cccn2-c2cccc(OC)c2)cc1Cl. The summed E-state index contributed by atoms with van der Waals surface area (Å²) in [5.41, 5.74) is 3.76. The van der Waals surface area contributed by atoms with Crippen LogP contribution in [-0.2, 0) is 4.74 Å². The Hall–Kier alpha value is -3.59. The van der Waals surface area contributed by atoms with Crippen LogP contribution >= 0.6 is 23.8 Å². The summed E-state index contributed by atoms with van der Waals surface area (Å²) < 4.78 is 18.5. The van der Waals surface area contributed by atoms with Crippen molar-refractivity contribution in [1.29, 1.82) is 0 Å². The largest absolute Gasteiger partial charge is 0.497 e. The van der Waals surface area contributed by atoms with E-state index in [1.165, 1.54) is 0 Å². The van der Waals surface area contributed by atoms with Crippen molar-refractivity contribution in [2.75, 3.05) is 32.3 Å². The molecule has 0 saturated carbocycles. The lowest BCUT2D eigenvalue weighted by Crippen LogP contribution is -2.30. The quantitative estimate of drug-likeness (QED) is 0.217. The van der Waals surface area contributed by atoms with Crippen molar-refractivity contribution in [3.05, 3.63) is 102 Å². The maximum absolute atomic E-state index is 6.63. The lowest BCUT2D eigenvalue weighted by molar-refractivity contribution is 0.146. The molecule has 2 atom stereocenters. The summed E-state index contributed by atoms with van der Waals surface area (Å²) in [7, 11) is 3.30. The fourth-order valence-corrected chi connectivity index (χ4v) is 5.13. The average molecular weight is 535 g/mol. The maximum atomic E-state index is 6.63. The monoisotopic (exact) mass is 534 g/mol. The summed E-state index contributed by atoms with van der Waals surface area (Å²) in [6.45, 7) is 0.894. The van der Waals surface area contributed by atoms with Crippen LogP contribution in [0.3, 0.4) is 0 Å². The first-order chi connectivity index (χ1) is 18.1. The Bertz CT molecular complexity index is 1380. The Balaban J connectivity index is 1.59. The highest BCUT2D eigenvalue weighted by molar-refractivity contribution is 7.80. The Labute approximate surface area is 226 Å². The van der Waals surface area contributed by atoms with Crippen molar-refractivity contribution in [3.8, 4) is 17.2 Å². The van der Waals surface area contributed by atoms with E-state index >= 15 is 0 Å². The summed E-state index contributed by atoms with van der Waals surface area (Å²) >= 11 is 12.5. The molecule has 3 heterocycles. The van der Waals surface area contributed by atoms with Crippen LogP contribution in [0, 0.1) is 0 Å². The normalized spacial score (nSPS) is 17.1. The molecule has 5 rings (SSSR count). The number of nitrogens with one attached hydrogen (secondary N) is 1. The molecule has 1 saturated heterocycles. The zero-order chi connectivity index (χ0) is 25.8. The van der Waals surface area contributed by atoms with E-state index in [1.54, 1.807) is 20.4 Å². The fraction of sp³-hybridized carbons (Fsp3) is 0.214. The van der Waals surface area contributed by atoms with E-state index in [2.05, 4.69) is 31.9 Å². The molecule has 0 bridgehead atoms. The van der Waals surface area contributed by atoms with Gasteiger partial charge in [-0.15, -0.1) is 0 Å². The van der Waals surface area contributed by atoms with Crippen molar-refractivity contribution in [3.63, 3.8) is 0 Å². The molecule has 190 valence electrons. The van der Waals surface area contributed by atoms with Crippen LogP contribution in [0.5, 0.6) is 11.5 Å². The van der Waals surface area contributed by atoms with Crippen LogP contribution in [0.4, 0.5) is 5.69 Å². The van der Waals surface area contributed by atoms with Gasteiger partial charge in [-0.25, -0.2) is 0 Å². The molecule has 9 heteroatoms. The van der Waals surface area contributed by atoms with E-state index in [1.807, 2.05) is 66.9 Å². The lowest BCUT2D eigenvalue weighted by atomic mass is 10.0. The summed E-state index contributed by atoms with van der Waals surface area (Å²) in [5.74, 6) is 1.38. The van der Waals surface area contributed by atoms with Crippen LogP contribution in [0.1, 0.15) is 23.5 Å². The van der Waals surface area contributed by atoms with Gasteiger partial charge >= 0.3 is 0 Å². The molecule has 1 aliphatic heterocycles. The van der Waals surface area contributed by atoms with Crippen molar-refractivity contribution in [2.45, 2.75) is 12.1 Å². The number of pyridine rings is 1. The minimum absolute atomic E-state index is 0.190. The molecular weight excluding hydrogens is 508 g/mol. The van der Waals surface area contributed by atoms with Crippen LogP contribution in [0.2, 0.25) is 5.02 Å². The molecule has 0 unspecified atom stereocenters. The smallest absolute Gasteiger partial charge is 0.174 e. The van der Waals surface area contributed by atoms with Crippen LogP contribution in [-0.4, -0.2) is 42.1 Å². The standard InChI is InChI=1S/C28H27ClN4O3S/c1-34-15-16-36-25-12-11-20(18-22(25)29)33-27(26(31-28(33)37)23-9-3-4-13-30-23)24-10-6-14-32(24)19-7-5-8-21(17-19)35-2/h3-14,17-18,26-27H,15-16H2,1-2H3,(H,31,37)/t26-,27-/m1/s1. The van der Waals surface area contributed by atoms with Gasteiger partial charge in [0.05, 0.1) is 30.5 Å². The highest BCUT2D eigenvalue weighted by Gasteiger charge is 2.42.